The zero-order valence-electron chi connectivity index (χ0n) is 11.2. The van der Waals surface area contributed by atoms with Gasteiger partial charge in [-0.3, -0.25) is 10.1 Å². The Hall–Kier alpha value is -1.44. The molecule has 1 aromatic heterocycles. The van der Waals surface area contributed by atoms with E-state index in [1.54, 1.807) is 11.8 Å². The lowest BCUT2D eigenvalue weighted by atomic mass is 10.2. The number of H-pyrrole nitrogens is 1. The Labute approximate surface area is 131 Å². The molecule has 3 N–H and O–H groups in total. The first-order valence-electron chi connectivity index (χ1n) is 6.67. The molecule has 2 atom stereocenters. The highest BCUT2D eigenvalue weighted by Crippen LogP contribution is 2.23. The molecule has 2 heterocycles. The lowest BCUT2D eigenvalue weighted by molar-refractivity contribution is -0.138. The van der Waals surface area contributed by atoms with E-state index in [9.17, 15) is 4.79 Å². The molecule has 0 bridgehead atoms. The number of thioether (sulfide) groups is 1. The van der Waals surface area contributed by atoms with Gasteiger partial charge in [0, 0.05) is 23.5 Å². The highest BCUT2D eigenvalue weighted by molar-refractivity contribution is 8.00. The molecule has 0 saturated carbocycles. The number of benzene rings is 1. The largest absolute Gasteiger partial charge is 0.480 e. The lowest BCUT2D eigenvalue weighted by Crippen LogP contribution is -2.37. The van der Waals surface area contributed by atoms with Gasteiger partial charge in [-0.05, 0) is 12.1 Å². The number of para-hydroxylation sites is 2. The SMILES string of the molecule is O=C(O)C1CSC(CC(=S)Cc2nc3ccccc3[nH]2)N1. The van der Waals surface area contributed by atoms with Crippen LogP contribution in [0.2, 0.25) is 0 Å². The van der Waals surface area contributed by atoms with E-state index in [4.69, 9.17) is 17.3 Å². The van der Waals surface area contributed by atoms with Crippen LogP contribution in [0, 0.1) is 0 Å². The Morgan fingerprint density at radius 2 is 2.29 bits per heavy atom. The number of carboxylic acid groups (broad SMARTS) is 1. The molecule has 2 aromatic rings. The standard InChI is InChI=1S/C14H15N3O2S2/c18-14(19)11-7-21-13(17-11)6-8(20)5-12-15-9-3-1-2-4-10(9)16-12/h1-4,11,13,17H,5-7H2,(H,15,16)(H,18,19). The van der Waals surface area contributed by atoms with E-state index < -0.39 is 12.0 Å². The zero-order valence-corrected chi connectivity index (χ0v) is 12.8. The summed E-state index contributed by atoms with van der Waals surface area (Å²) in [5.41, 5.74) is 1.95. The summed E-state index contributed by atoms with van der Waals surface area (Å²) in [5, 5.41) is 12.1. The summed E-state index contributed by atoms with van der Waals surface area (Å²) in [6, 6.07) is 7.41. The number of aromatic nitrogens is 2. The normalized spacial score (nSPS) is 21.7. The summed E-state index contributed by atoms with van der Waals surface area (Å²) in [4.78, 5) is 19.5. The van der Waals surface area contributed by atoms with Gasteiger partial charge in [0.1, 0.15) is 11.9 Å². The van der Waals surface area contributed by atoms with Crippen molar-refractivity contribution in [2.75, 3.05) is 5.75 Å². The molecule has 0 spiro atoms. The van der Waals surface area contributed by atoms with Crippen LogP contribution in [0.5, 0.6) is 0 Å². The Morgan fingerprint density at radius 3 is 3.00 bits per heavy atom. The summed E-state index contributed by atoms with van der Waals surface area (Å²) in [5.74, 6) is 0.653. The average molecular weight is 321 g/mol. The maximum Gasteiger partial charge on any atom is 0.321 e. The molecule has 0 amide bonds. The predicted molar refractivity (Wildman–Crippen MR) is 87.8 cm³/mol. The van der Waals surface area contributed by atoms with E-state index in [2.05, 4.69) is 15.3 Å². The van der Waals surface area contributed by atoms with Gasteiger partial charge in [-0.1, -0.05) is 24.4 Å². The minimum absolute atomic E-state index is 0.0861. The number of carbonyl (C=O) groups is 1. The minimum Gasteiger partial charge on any atom is -0.480 e. The number of nitrogens with one attached hydrogen (secondary N) is 2. The first-order chi connectivity index (χ1) is 10.1. The number of hydrogen-bond acceptors (Lipinski definition) is 5. The number of aromatic amines is 1. The van der Waals surface area contributed by atoms with Crippen LogP contribution >= 0.6 is 24.0 Å². The number of aliphatic carboxylic acids is 1. The fourth-order valence-electron chi connectivity index (χ4n) is 2.35. The van der Waals surface area contributed by atoms with E-state index >= 15 is 0 Å². The number of thiocarbonyl (C=S) groups is 1. The first kappa shape index (κ1) is 14.5. The Bertz CT molecular complexity index is 653. The highest BCUT2D eigenvalue weighted by Gasteiger charge is 2.29. The molecule has 1 aliphatic rings. The molecular weight excluding hydrogens is 306 g/mol. The van der Waals surface area contributed by atoms with Crippen LogP contribution in [-0.2, 0) is 11.2 Å². The third kappa shape index (κ3) is 3.42. The van der Waals surface area contributed by atoms with Gasteiger partial charge < -0.3 is 10.1 Å². The van der Waals surface area contributed by atoms with Crippen LogP contribution in [0.25, 0.3) is 11.0 Å². The number of imidazole rings is 1. The molecule has 1 aromatic carbocycles. The predicted octanol–water partition coefficient (Wildman–Crippen LogP) is 1.98. The van der Waals surface area contributed by atoms with Gasteiger partial charge in [-0.15, -0.1) is 11.8 Å². The molecule has 1 saturated heterocycles. The molecule has 7 heteroatoms. The molecular formula is C14H15N3O2S2. The minimum atomic E-state index is -0.798. The number of hydrogen-bond donors (Lipinski definition) is 3. The number of carboxylic acids is 1. The second kappa shape index (κ2) is 6.13. The molecule has 1 aliphatic heterocycles. The van der Waals surface area contributed by atoms with Crippen LogP contribution < -0.4 is 5.32 Å². The van der Waals surface area contributed by atoms with E-state index in [0.29, 0.717) is 18.6 Å². The summed E-state index contributed by atoms with van der Waals surface area (Å²) < 4.78 is 0. The van der Waals surface area contributed by atoms with Crippen LogP contribution in [0.3, 0.4) is 0 Å². The highest BCUT2D eigenvalue weighted by atomic mass is 32.2. The van der Waals surface area contributed by atoms with Gasteiger partial charge >= 0.3 is 5.97 Å². The third-order valence-corrected chi connectivity index (χ3v) is 4.91. The van der Waals surface area contributed by atoms with Crippen LogP contribution in [-0.4, -0.2) is 43.1 Å². The van der Waals surface area contributed by atoms with E-state index in [1.807, 2.05) is 24.3 Å². The van der Waals surface area contributed by atoms with E-state index in [-0.39, 0.29) is 5.37 Å². The summed E-state index contributed by atoms with van der Waals surface area (Å²) >= 11 is 7.03. The maximum atomic E-state index is 10.9. The molecule has 1 fully saturated rings. The average Bonchev–Trinajstić information content (AvgIpc) is 3.04. The van der Waals surface area contributed by atoms with Crippen molar-refractivity contribution in [3.63, 3.8) is 0 Å². The summed E-state index contributed by atoms with van der Waals surface area (Å²) in [7, 11) is 0. The number of nitrogens with zero attached hydrogens (tertiary/aromatic N) is 1. The molecule has 5 nitrogen and oxygen atoms in total. The Balaban J connectivity index is 1.58. The number of rotatable bonds is 5. The quantitative estimate of drug-likeness (QED) is 0.731. The van der Waals surface area contributed by atoms with Crippen molar-refractivity contribution in [2.24, 2.45) is 0 Å². The van der Waals surface area contributed by atoms with Crippen molar-refractivity contribution in [3.8, 4) is 0 Å². The fourth-order valence-corrected chi connectivity index (χ4v) is 4.00. The Morgan fingerprint density at radius 1 is 1.48 bits per heavy atom. The lowest BCUT2D eigenvalue weighted by Gasteiger charge is -2.10. The Kier molecular flexibility index (Phi) is 4.23. The van der Waals surface area contributed by atoms with Gasteiger partial charge in [0.25, 0.3) is 0 Å². The summed E-state index contributed by atoms with van der Waals surface area (Å²) in [6.07, 6.45) is 1.29. The molecule has 110 valence electrons. The second-order valence-corrected chi connectivity index (χ2v) is 6.81. The molecule has 3 rings (SSSR count). The fraction of sp³-hybridized carbons (Fsp3) is 0.357. The van der Waals surface area contributed by atoms with Crippen LogP contribution in [0.4, 0.5) is 0 Å². The van der Waals surface area contributed by atoms with Gasteiger partial charge in [-0.25, -0.2) is 4.98 Å². The van der Waals surface area contributed by atoms with Crippen molar-refractivity contribution < 1.29 is 9.90 Å². The first-order valence-corrected chi connectivity index (χ1v) is 8.13. The van der Waals surface area contributed by atoms with Crippen molar-refractivity contribution >= 4 is 45.8 Å². The van der Waals surface area contributed by atoms with Gasteiger partial charge in [-0.2, -0.15) is 0 Å². The van der Waals surface area contributed by atoms with Gasteiger partial charge in [0.05, 0.1) is 16.4 Å². The molecule has 0 aliphatic carbocycles. The van der Waals surface area contributed by atoms with Gasteiger partial charge in [0.2, 0.25) is 0 Å². The van der Waals surface area contributed by atoms with Crippen molar-refractivity contribution in [1.29, 1.82) is 0 Å². The number of fused-ring (bicyclic) bond motifs is 1. The zero-order chi connectivity index (χ0) is 14.8. The topological polar surface area (TPSA) is 78.0 Å². The summed E-state index contributed by atoms with van der Waals surface area (Å²) in [6.45, 7) is 0. The van der Waals surface area contributed by atoms with Crippen molar-refractivity contribution in [3.05, 3.63) is 30.1 Å². The monoisotopic (exact) mass is 321 g/mol. The van der Waals surface area contributed by atoms with Crippen LogP contribution in [0.15, 0.2) is 24.3 Å². The van der Waals surface area contributed by atoms with Crippen molar-refractivity contribution in [1.82, 2.24) is 15.3 Å². The third-order valence-electron chi connectivity index (χ3n) is 3.37. The molecule has 21 heavy (non-hydrogen) atoms. The molecule has 2 unspecified atom stereocenters. The van der Waals surface area contributed by atoms with Crippen molar-refractivity contribution in [2.45, 2.75) is 24.3 Å². The van der Waals surface area contributed by atoms with E-state index in [0.717, 1.165) is 21.7 Å². The molecule has 0 radical (unpaired) electrons. The maximum absolute atomic E-state index is 10.9. The smallest absolute Gasteiger partial charge is 0.321 e. The van der Waals surface area contributed by atoms with Gasteiger partial charge in [0.15, 0.2) is 0 Å². The van der Waals surface area contributed by atoms with E-state index in [1.165, 1.54) is 0 Å². The van der Waals surface area contributed by atoms with Crippen LogP contribution in [0.1, 0.15) is 12.2 Å². The second-order valence-electron chi connectivity index (χ2n) is 5.00.